The molecule has 0 aromatic carbocycles. The first-order chi connectivity index (χ1) is 12.7. The van der Waals surface area contributed by atoms with Gasteiger partial charge in [-0.25, -0.2) is 0 Å². The highest BCUT2D eigenvalue weighted by molar-refractivity contribution is 5.90. The predicted molar refractivity (Wildman–Crippen MR) is 105 cm³/mol. The minimum Gasteiger partial charge on any atom is -0.391 e. The normalized spacial score (nSPS) is 23.5. The fourth-order valence-corrected chi connectivity index (χ4v) is 3.09. The van der Waals surface area contributed by atoms with Crippen molar-refractivity contribution in [1.82, 2.24) is 20.9 Å². The number of aliphatic hydroxyl groups excluding tert-OH is 1. The van der Waals surface area contributed by atoms with Crippen LogP contribution in [0.15, 0.2) is 24.6 Å². The van der Waals surface area contributed by atoms with E-state index in [9.17, 15) is 14.7 Å². The van der Waals surface area contributed by atoms with Crippen molar-refractivity contribution in [3.8, 4) is 0 Å². The second kappa shape index (κ2) is 11.1. The molecule has 1 heterocycles. The van der Waals surface area contributed by atoms with E-state index >= 15 is 0 Å². The standard InChI is InChI=1S/C19H34N4O4/c1-7-21-10-12(2)8-15-9-16(24)11-23(15)19(26)17(14(4)27-6)22-18(25)13(3)20-5/h7,10,13-17,20-21,24H,1,8-9,11H2,2-6H3,(H,22,25)/b12-10+/t13-,14+,15+,16-,17-/m0/s1. The maximum absolute atomic E-state index is 13.2. The first-order valence-electron chi connectivity index (χ1n) is 9.26. The molecule has 8 nitrogen and oxygen atoms in total. The van der Waals surface area contributed by atoms with Crippen LogP contribution in [0.25, 0.3) is 0 Å². The molecular formula is C19H34N4O4. The molecule has 154 valence electrons. The number of likely N-dealkylation sites (tertiary alicyclic amines) is 1. The van der Waals surface area contributed by atoms with Crippen LogP contribution in [-0.4, -0.2) is 72.9 Å². The Kier molecular flexibility index (Phi) is 9.48. The first-order valence-corrected chi connectivity index (χ1v) is 9.26. The van der Waals surface area contributed by atoms with Gasteiger partial charge in [0.2, 0.25) is 11.8 Å². The van der Waals surface area contributed by atoms with Crippen LogP contribution in [0.4, 0.5) is 0 Å². The van der Waals surface area contributed by atoms with E-state index in [1.807, 2.05) is 13.1 Å². The van der Waals surface area contributed by atoms with Crippen molar-refractivity contribution in [1.29, 1.82) is 0 Å². The Morgan fingerprint density at radius 1 is 1.41 bits per heavy atom. The lowest BCUT2D eigenvalue weighted by molar-refractivity contribution is -0.141. The summed E-state index contributed by atoms with van der Waals surface area (Å²) in [5.74, 6) is -0.519. The zero-order chi connectivity index (χ0) is 20.6. The van der Waals surface area contributed by atoms with Gasteiger partial charge >= 0.3 is 0 Å². The van der Waals surface area contributed by atoms with Gasteiger partial charge in [0.1, 0.15) is 6.04 Å². The lowest BCUT2D eigenvalue weighted by Gasteiger charge is -2.32. The van der Waals surface area contributed by atoms with E-state index < -0.39 is 24.3 Å². The highest BCUT2D eigenvalue weighted by Gasteiger charge is 2.39. The minimum atomic E-state index is -0.818. The molecule has 1 saturated heterocycles. The molecule has 0 unspecified atom stereocenters. The van der Waals surface area contributed by atoms with Crippen LogP contribution in [0.2, 0.25) is 0 Å². The summed E-state index contributed by atoms with van der Waals surface area (Å²) in [5, 5.41) is 18.7. The Bertz CT molecular complexity index is 552. The number of hydrogen-bond donors (Lipinski definition) is 4. The molecular weight excluding hydrogens is 348 g/mol. The van der Waals surface area contributed by atoms with E-state index in [0.29, 0.717) is 12.8 Å². The number of ether oxygens (including phenoxy) is 1. The summed E-state index contributed by atoms with van der Waals surface area (Å²) in [4.78, 5) is 27.1. The molecule has 0 bridgehead atoms. The number of β-amino-alcohol motifs (C(OH)–C–C–N with tert-alkyl or cyclic N) is 1. The Balaban J connectivity index is 2.96. The summed E-state index contributed by atoms with van der Waals surface area (Å²) in [6, 6.07) is -1.39. The van der Waals surface area contributed by atoms with E-state index in [0.717, 1.165) is 5.57 Å². The zero-order valence-electron chi connectivity index (χ0n) is 17.0. The van der Waals surface area contributed by atoms with Crippen LogP contribution in [0.1, 0.15) is 33.6 Å². The van der Waals surface area contributed by atoms with Gasteiger partial charge in [-0.15, -0.1) is 0 Å². The number of rotatable bonds is 10. The molecule has 27 heavy (non-hydrogen) atoms. The Labute approximate surface area is 162 Å². The number of carbonyl (C=O) groups is 2. The number of amides is 2. The van der Waals surface area contributed by atoms with Crippen molar-refractivity contribution in [2.75, 3.05) is 20.7 Å². The fourth-order valence-electron chi connectivity index (χ4n) is 3.09. The number of aliphatic hydroxyl groups is 1. The van der Waals surface area contributed by atoms with Gasteiger partial charge in [0.25, 0.3) is 0 Å². The molecule has 1 aliphatic rings. The molecule has 1 rings (SSSR count). The van der Waals surface area contributed by atoms with Crippen LogP contribution in [0, 0.1) is 0 Å². The van der Waals surface area contributed by atoms with Gasteiger partial charge in [0.15, 0.2) is 0 Å². The van der Waals surface area contributed by atoms with E-state index in [4.69, 9.17) is 4.74 Å². The average Bonchev–Trinajstić information content (AvgIpc) is 3.02. The Hall–Kier alpha value is -1.90. The third kappa shape index (κ3) is 6.64. The molecule has 4 N–H and O–H groups in total. The van der Waals surface area contributed by atoms with Gasteiger partial charge in [-0.05, 0) is 53.1 Å². The second-order valence-electron chi connectivity index (χ2n) is 7.04. The largest absolute Gasteiger partial charge is 0.391 e. The summed E-state index contributed by atoms with van der Waals surface area (Å²) in [5.41, 5.74) is 1.04. The Morgan fingerprint density at radius 3 is 2.63 bits per heavy atom. The van der Waals surface area contributed by atoms with Crippen LogP contribution < -0.4 is 16.0 Å². The van der Waals surface area contributed by atoms with Crippen LogP contribution in [0.5, 0.6) is 0 Å². The lowest BCUT2D eigenvalue weighted by Crippen LogP contribution is -2.57. The van der Waals surface area contributed by atoms with Crippen LogP contribution in [0.3, 0.4) is 0 Å². The minimum absolute atomic E-state index is 0.138. The molecule has 2 amide bonds. The van der Waals surface area contributed by atoms with Gasteiger partial charge in [-0.3, -0.25) is 9.59 Å². The van der Waals surface area contributed by atoms with E-state index in [1.165, 1.54) is 7.11 Å². The SMILES string of the molecule is C=CN/C=C(\C)C[C@@H]1C[C@H](O)CN1C(=O)[C@@H](NC(=O)[C@H](C)NC)[C@@H](C)OC. The molecule has 0 aromatic rings. The third-order valence-electron chi connectivity index (χ3n) is 4.91. The quantitative estimate of drug-likeness (QED) is 0.427. The smallest absolute Gasteiger partial charge is 0.248 e. The molecule has 1 fully saturated rings. The van der Waals surface area contributed by atoms with E-state index in [1.54, 1.807) is 32.0 Å². The van der Waals surface area contributed by atoms with Crippen molar-refractivity contribution in [2.24, 2.45) is 0 Å². The van der Waals surface area contributed by atoms with E-state index in [2.05, 4.69) is 22.5 Å². The van der Waals surface area contributed by atoms with Crippen molar-refractivity contribution >= 4 is 11.8 Å². The zero-order valence-corrected chi connectivity index (χ0v) is 17.0. The maximum atomic E-state index is 13.2. The van der Waals surface area contributed by atoms with E-state index in [-0.39, 0.29) is 24.4 Å². The van der Waals surface area contributed by atoms with Crippen molar-refractivity contribution in [3.05, 3.63) is 24.6 Å². The predicted octanol–water partition coefficient (Wildman–Crippen LogP) is 0.103. The number of nitrogens with zero attached hydrogens (tertiary/aromatic N) is 1. The molecule has 0 spiro atoms. The summed E-state index contributed by atoms with van der Waals surface area (Å²) >= 11 is 0. The number of likely N-dealkylation sites (N-methyl/N-ethyl adjacent to an activating group) is 1. The molecule has 8 heteroatoms. The molecule has 0 radical (unpaired) electrons. The molecule has 0 aromatic heterocycles. The molecule has 0 aliphatic carbocycles. The van der Waals surface area contributed by atoms with Gasteiger partial charge in [0.05, 0.1) is 18.2 Å². The summed E-state index contributed by atoms with van der Waals surface area (Å²) < 4.78 is 5.33. The summed E-state index contributed by atoms with van der Waals surface area (Å²) in [7, 11) is 3.18. The van der Waals surface area contributed by atoms with Crippen LogP contribution in [-0.2, 0) is 14.3 Å². The topological polar surface area (TPSA) is 103 Å². The van der Waals surface area contributed by atoms with Gasteiger partial charge in [-0.1, -0.05) is 12.2 Å². The first kappa shape index (κ1) is 23.1. The van der Waals surface area contributed by atoms with Crippen molar-refractivity contribution in [2.45, 2.75) is 63.9 Å². The maximum Gasteiger partial charge on any atom is 0.248 e. The fraction of sp³-hybridized carbons (Fsp3) is 0.684. The number of nitrogens with one attached hydrogen (secondary N) is 3. The van der Waals surface area contributed by atoms with Crippen molar-refractivity contribution in [3.63, 3.8) is 0 Å². The highest BCUT2D eigenvalue weighted by atomic mass is 16.5. The summed E-state index contributed by atoms with van der Waals surface area (Å²) in [6.45, 7) is 9.26. The lowest BCUT2D eigenvalue weighted by atomic mass is 10.0. The van der Waals surface area contributed by atoms with Gasteiger partial charge in [0, 0.05) is 19.7 Å². The molecule has 1 aliphatic heterocycles. The third-order valence-corrected chi connectivity index (χ3v) is 4.91. The van der Waals surface area contributed by atoms with Crippen molar-refractivity contribution < 1.29 is 19.4 Å². The Morgan fingerprint density at radius 2 is 2.07 bits per heavy atom. The number of methoxy groups -OCH3 is 1. The summed E-state index contributed by atoms with van der Waals surface area (Å²) in [6.07, 6.45) is 3.45. The monoisotopic (exact) mass is 382 g/mol. The van der Waals surface area contributed by atoms with Gasteiger partial charge in [-0.2, -0.15) is 0 Å². The molecule has 0 saturated carbocycles. The van der Waals surface area contributed by atoms with Gasteiger partial charge < -0.3 is 30.7 Å². The molecule has 5 atom stereocenters. The van der Waals surface area contributed by atoms with Crippen LogP contribution >= 0.6 is 0 Å². The number of hydrogen-bond acceptors (Lipinski definition) is 6. The second-order valence-corrected chi connectivity index (χ2v) is 7.04. The average molecular weight is 383 g/mol. The number of carbonyl (C=O) groups excluding carboxylic acids is 2. The highest BCUT2D eigenvalue weighted by Crippen LogP contribution is 2.25.